The van der Waals surface area contributed by atoms with Crippen LogP contribution in [0, 0.1) is 23.7 Å². The number of anilines is 4. The van der Waals surface area contributed by atoms with E-state index in [0.717, 1.165) is 31.1 Å². The number of aromatic nitrogens is 2. The molecule has 0 bridgehead atoms. The average molecular weight is 1110 g/mol. The average Bonchev–Trinajstić information content (AvgIpc) is 4.16. The van der Waals surface area contributed by atoms with Crippen LogP contribution in [-0.4, -0.2) is 62.7 Å². The summed E-state index contributed by atoms with van der Waals surface area (Å²) >= 11 is 6.64. The van der Waals surface area contributed by atoms with Crippen molar-refractivity contribution in [3.63, 3.8) is 0 Å². The van der Waals surface area contributed by atoms with Gasteiger partial charge in [-0.2, -0.15) is 5.26 Å². The van der Waals surface area contributed by atoms with Gasteiger partial charge < -0.3 is 14.5 Å². The number of amides is 2. The molecule has 402 valence electrons. The Bertz CT molecular complexity index is 4000. The van der Waals surface area contributed by atoms with Crippen molar-refractivity contribution in [2.24, 2.45) is 5.41 Å². The van der Waals surface area contributed by atoms with Gasteiger partial charge in [-0.25, -0.2) is 26.6 Å². The summed E-state index contributed by atoms with van der Waals surface area (Å²) in [5.74, 6) is -1.81. The Morgan fingerprint density at radius 1 is 0.872 bits per heavy atom. The molecule has 0 aliphatic heterocycles. The monoisotopic (exact) mass is 1110 g/mol. The zero-order valence-electron chi connectivity index (χ0n) is 44.0. The minimum absolute atomic E-state index is 0.0324. The fourth-order valence-electron chi connectivity index (χ4n) is 10.5. The number of benzene rings is 6. The normalized spacial score (nSPS) is 14.1. The zero-order chi connectivity index (χ0) is 55.9. The number of para-hydroxylation sites is 1. The summed E-state index contributed by atoms with van der Waals surface area (Å²) in [6.45, 7) is 12.9. The molecule has 1 aliphatic carbocycles. The molecule has 1 saturated carbocycles. The van der Waals surface area contributed by atoms with Crippen LogP contribution in [0.3, 0.4) is 0 Å². The van der Waals surface area contributed by atoms with Crippen molar-refractivity contribution in [3.05, 3.63) is 155 Å². The molecule has 0 radical (unpaired) electrons. The maximum Gasteiger partial charge on any atom is 0.415 e. The van der Waals surface area contributed by atoms with Crippen LogP contribution in [0.15, 0.2) is 137 Å². The molecule has 19 heteroatoms. The second-order valence-electron chi connectivity index (χ2n) is 21.5. The smallest absolute Gasteiger partial charge is 0.415 e. The molecule has 78 heavy (non-hydrogen) atoms. The fourth-order valence-corrected chi connectivity index (χ4v) is 12.5. The number of halogens is 1. The van der Waals surface area contributed by atoms with Crippen LogP contribution in [0.2, 0.25) is 5.02 Å². The van der Waals surface area contributed by atoms with Gasteiger partial charge in [-0.05, 0) is 127 Å². The highest BCUT2D eigenvalue weighted by molar-refractivity contribution is 7.93. The number of rotatable bonds is 15. The van der Waals surface area contributed by atoms with Gasteiger partial charge in [0.15, 0.2) is 5.58 Å². The number of aryl methyl sites for hydroxylation is 1. The maximum atomic E-state index is 14.8. The first-order valence-electron chi connectivity index (χ1n) is 25.2. The molecular weight excluding hydrogens is 1050 g/mol. The number of hydrogen-bond acceptors (Lipinski definition) is 11. The van der Waals surface area contributed by atoms with Gasteiger partial charge in [0.05, 0.1) is 38.8 Å². The first kappa shape index (κ1) is 54.8. The molecular formula is C59H58ClN7O9S2. The molecule has 3 N–H and O–H groups in total. The molecule has 2 aromatic heterocycles. The highest BCUT2D eigenvalue weighted by Crippen LogP contribution is 2.39. The number of hydrogen-bond donors (Lipinski definition) is 3. The highest BCUT2D eigenvalue weighted by Gasteiger charge is 2.38. The van der Waals surface area contributed by atoms with Crippen LogP contribution < -0.4 is 19.7 Å². The van der Waals surface area contributed by atoms with Crippen molar-refractivity contribution in [3.8, 4) is 6.07 Å². The molecule has 2 heterocycles. The third-order valence-corrected chi connectivity index (χ3v) is 16.0. The molecule has 1 aliphatic rings. The molecule has 6 aromatic carbocycles. The van der Waals surface area contributed by atoms with Crippen LogP contribution in [-0.2, 0) is 35.0 Å². The molecule has 1 atom stereocenters. The van der Waals surface area contributed by atoms with Gasteiger partial charge in [0.1, 0.15) is 17.2 Å². The number of nitrogens with one attached hydrogen (secondary N) is 3. The Balaban J connectivity index is 1.00. The number of oxazole rings is 1. The minimum atomic E-state index is -4.38. The third kappa shape index (κ3) is 11.9. The van der Waals surface area contributed by atoms with E-state index in [1.807, 2.05) is 25.1 Å². The number of nitriles is 1. The summed E-state index contributed by atoms with van der Waals surface area (Å²) < 4.78 is 70.6. The summed E-state index contributed by atoms with van der Waals surface area (Å²) in [4.78, 5) is 50.2. The van der Waals surface area contributed by atoms with Crippen LogP contribution in [0.25, 0.3) is 44.4 Å². The number of fused-ring (bicyclic) bond motifs is 3. The standard InChI is InChI=1S/C59H58ClN7O9S2/c1-36-30-43(23-20-38(36)31-39(34-61)55-63-49-32-40(21-26-51(49)75-55)59(5,6)35-58(2,3)4)67(42-15-9-10-16-42)57(70)76-53(56(69)66-29-28-37-14-8-13-19-50(37)66)54(68)62-48-33-41(22-24-46(48)60)64-78(73,74)52-27-25-47(65-77(7,71)72)44-17-11-12-18-45(44)52/h8,11-14,17-33,42,53,64-65H,9-10,15-16,35H2,1-7H3,(H,62,68). The molecule has 0 saturated heterocycles. The molecule has 1 fully saturated rings. The second kappa shape index (κ2) is 21.4. The van der Waals surface area contributed by atoms with Crippen molar-refractivity contribution in [2.45, 2.75) is 96.1 Å². The van der Waals surface area contributed by atoms with E-state index in [4.69, 9.17) is 25.7 Å². The summed E-state index contributed by atoms with van der Waals surface area (Å²) in [5.41, 5.74) is 4.74. The Morgan fingerprint density at radius 2 is 1.59 bits per heavy atom. The van der Waals surface area contributed by atoms with Gasteiger partial charge >= 0.3 is 6.09 Å². The molecule has 2 amide bonds. The lowest BCUT2D eigenvalue weighted by Gasteiger charge is -2.32. The van der Waals surface area contributed by atoms with E-state index >= 15 is 0 Å². The van der Waals surface area contributed by atoms with Gasteiger partial charge in [-0.15, -0.1) is 0 Å². The van der Waals surface area contributed by atoms with E-state index in [-0.39, 0.29) is 60.7 Å². The Morgan fingerprint density at radius 3 is 2.29 bits per heavy atom. The summed E-state index contributed by atoms with van der Waals surface area (Å²) in [7, 11) is -8.08. The van der Waals surface area contributed by atoms with Crippen molar-refractivity contribution in [1.82, 2.24) is 9.55 Å². The zero-order valence-corrected chi connectivity index (χ0v) is 46.4. The summed E-state index contributed by atoms with van der Waals surface area (Å²) in [6, 6.07) is 34.7. The Hall–Kier alpha value is -7.98. The van der Waals surface area contributed by atoms with Crippen LogP contribution in [0.4, 0.5) is 27.5 Å². The van der Waals surface area contributed by atoms with E-state index in [1.165, 1.54) is 52.1 Å². The molecule has 1 unspecified atom stereocenters. The van der Waals surface area contributed by atoms with Crippen molar-refractivity contribution in [2.75, 3.05) is 25.9 Å². The maximum absolute atomic E-state index is 14.8. The minimum Gasteiger partial charge on any atom is -0.435 e. The number of sulfonamides is 2. The lowest BCUT2D eigenvalue weighted by molar-refractivity contribution is -0.122. The van der Waals surface area contributed by atoms with Gasteiger partial charge in [0, 0.05) is 34.1 Å². The topological polar surface area (TPSA) is 223 Å². The third-order valence-electron chi connectivity index (χ3n) is 13.7. The lowest BCUT2D eigenvalue weighted by atomic mass is 9.72. The molecule has 9 rings (SSSR count). The van der Waals surface area contributed by atoms with E-state index in [9.17, 15) is 36.5 Å². The lowest BCUT2D eigenvalue weighted by Crippen LogP contribution is -2.47. The van der Waals surface area contributed by atoms with E-state index in [1.54, 1.807) is 72.8 Å². The SMILES string of the molecule is Cc1cc(N(C(=O)OC(C(=O)Nc2cc(NS(=O)(=O)c3ccc(NS(C)(=O)=O)c4ccccc34)ccc2Cl)C(=O)n2ccc3ccccc32)C2CCCC2)ccc1C=C(C#N)c1nc2cc(C(C)(C)CC(C)(C)C)ccc2o1. The van der Waals surface area contributed by atoms with Gasteiger partial charge in [-0.3, -0.25) is 28.5 Å². The van der Waals surface area contributed by atoms with Gasteiger partial charge in [-0.1, -0.05) is 114 Å². The van der Waals surface area contributed by atoms with E-state index in [2.05, 4.69) is 55.4 Å². The number of carbonyl (C=O) groups excluding carboxylic acids is 3. The van der Waals surface area contributed by atoms with Crippen LogP contribution >= 0.6 is 11.6 Å². The predicted molar refractivity (Wildman–Crippen MR) is 307 cm³/mol. The van der Waals surface area contributed by atoms with E-state index in [0.29, 0.717) is 57.0 Å². The fraction of sp³-hybridized carbons (Fsp3) is 0.271. The number of ether oxygens (including phenoxy) is 1. The summed E-state index contributed by atoms with van der Waals surface area (Å²) in [6.07, 6.45) is 4.88. The number of allylic oxidation sites excluding steroid dienone is 1. The predicted octanol–water partition coefficient (Wildman–Crippen LogP) is 13.1. The number of carbonyl (C=O) groups is 3. The highest BCUT2D eigenvalue weighted by atomic mass is 35.5. The number of nitrogens with zero attached hydrogens (tertiary/aromatic N) is 4. The molecule has 8 aromatic rings. The molecule has 0 spiro atoms. The van der Waals surface area contributed by atoms with Gasteiger partial charge in [0.25, 0.3) is 27.9 Å². The van der Waals surface area contributed by atoms with Crippen molar-refractivity contribution in [1.29, 1.82) is 5.26 Å². The summed E-state index contributed by atoms with van der Waals surface area (Å²) in [5, 5.41) is 14.2. The first-order valence-corrected chi connectivity index (χ1v) is 29.0. The Labute approximate surface area is 458 Å². The van der Waals surface area contributed by atoms with Crippen LogP contribution in [0.5, 0.6) is 0 Å². The van der Waals surface area contributed by atoms with Crippen molar-refractivity contribution >= 4 is 117 Å². The second-order valence-corrected chi connectivity index (χ2v) is 25.3. The van der Waals surface area contributed by atoms with Crippen LogP contribution in [0.1, 0.15) is 94.1 Å². The van der Waals surface area contributed by atoms with Crippen molar-refractivity contribution < 1.29 is 40.4 Å². The molecule has 16 nitrogen and oxygen atoms in total. The first-order chi connectivity index (χ1) is 36.9. The largest absolute Gasteiger partial charge is 0.435 e. The quantitative estimate of drug-likeness (QED) is 0.0647. The van der Waals surface area contributed by atoms with E-state index < -0.39 is 44.1 Å². The Kier molecular flexibility index (Phi) is 15.1. The van der Waals surface area contributed by atoms with Gasteiger partial charge in [0.2, 0.25) is 15.9 Å².